The van der Waals surface area contributed by atoms with Crippen LogP contribution in [0.5, 0.6) is 0 Å². The molecule has 124 valence electrons. The molecule has 1 saturated carbocycles. The summed E-state index contributed by atoms with van der Waals surface area (Å²) in [6, 6.07) is 18.5. The highest BCUT2D eigenvalue weighted by Gasteiger charge is 2.36. The van der Waals surface area contributed by atoms with E-state index in [0.717, 1.165) is 24.0 Å². The number of carbonyl (C=O) groups is 1. The fraction of sp³-hybridized carbons (Fsp3) is 0.381. The molecule has 4 rings (SSSR count). The van der Waals surface area contributed by atoms with E-state index in [4.69, 9.17) is 4.74 Å². The van der Waals surface area contributed by atoms with Crippen molar-refractivity contribution in [1.29, 1.82) is 0 Å². The summed E-state index contributed by atoms with van der Waals surface area (Å²) in [6.07, 6.45) is 4.80. The molecule has 0 bridgehead atoms. The molecular weight excluding hydrogens is 298 g/mol. The molecule has 2 aliphatic rings. The maximum atomic E-state index is 13.0. The summed E-state index contributed by atoms with van der Waals surface area (Å²) in [7, 11) is 0. The minimum Gasteiger partial charge on any atom is -0.374 e. The van der Waals surface area contributed by atoms with Gasteiger partial charge in [-0.25, -0.2) is 0 Å². The van der Waals surface area contributed by atoms with Gasteiger partial charge in [-0.15, -0.1) is 0 Å². The van der Waals surface area contributed by atoms with Crippen molar-refractivity contribution in [2.75, 3.05) is 13.2 Å². The molecule has 0 radical (unpaired) electrons. The second-order valence-electron chi connectivity index (χ2n) is 6.70. The van der Waals surface area contributed by atoms with Crippen LogP contribution in [-0.4, -0.2) is 36.1 Å². The minimum absolute atomic E-state index is 0.148. The summed E-state index contributed by atoms with van der Waals surface area (Å²) >= 11 is 0. The summed E-state index contributed by atoms with van der Waals surface area (Å²) < 4.78 is 5.88. The van der Waals surface area contributed by atoms with E-state index in [9.17, 15) is 4.79 Å². The van der Waals surface area contributed by atoms with Gasteiger partial charge in [-0.1, -0.05) is 55.3 Å². The molecule has 24 heavy (non-hydrogen) atoms. The maximum Gasteiger partial charge on any atom is 0.254 e. The summed E-state index contributed by atoms with van der Waals surface area (Å²) in [6.45, 7) is 1.37. The average molecular weight is 321 g/mol. The standard InChI is InChI=1S/C21H23NO2/c23-21(22-14-15-24-20-9-5-4-8-19(20)22)18-12-10-17(11-13-18)16-6-2-1-3-7-16/h1-3,6-7,10-13,19-20H,4-5,8-9,14-15H2. The van der Waals surface area contributed by atoms with Crippen LogP contribution < -0.4 is 0 Å². The van der Waals surface area contributed by atoms with E-state index < -0.39 is 0 Å². The number of morpholine rings is 1. The zero-order valence-electron chi connectivity index (χ0n) is 13.9. The minimum atomic E-state index is 0.148. The molecule has 2 aromatic carbocycles. The smallest absolute Gasteiger partial charge is 0.254 e. The summed E-state index contributed by atoms with van der Waals surface area (Å²) in [4.78, 5) is 15.0. The first kappa shape index (κ1) is 15.4. The quantitative estimate of drug-likeness (QED) is 0.832. The molecule has 2 aromatic rings. The van der Waals surface area contributed by atoms with Crippen molar-refractivity contribution in [3.05, 3.63) is 60.2 Å². The molecule has 2 fully saturated rings. The Bertz CT molecular complexity index is 694. The number of benzene rings is 2. The van der Waals surface area contributed by atoms with E-state index in [1.807, 2.05) is 47.4 Å². The van der Waals surface area contributed by atoms with Crippen molar-refractivity contribution >= 4 is 5.91 Å². The maximum absolute atomic E-state index is 13.0. The van der Waals surface area contributed by atoms with Gasteiger partial charge in [-0.2, -0.15) is 0 Å². The van der Waals surface area contributed by atoms with Crippen LogP contribution in [0.15, 0.2) is 54.6 Å². The van der Waals surface area contributed by atoms with Crippen molar-refractivity contribution < 1.29 is 9.53 Å². The van der Waals surface area contributed by atoms with Gasteiger partial charge in [0.05, 0.1) is 18.8 Å². The zero-order chi connectivity index (χ0) is 16.4. The molecule has 2 unspecified atom stereocenters. The van der Waals surface area contributed by atoms with Crippen molar-refractivity contribution in [3.8, 4) is 11.1 Å². The summed E-state index contributed by atoms with van der Waals surface area (Å²) in [5.74, 6) is 0.148. The highest BCUT2D eigenvalue weighted by molar-refractivity contribution is 5.95. The average Bonchev–Trinajstić information content (AvgIpc) is 2.68. The van der Waals surface area contributed by atoms with Crippen molar-refractivity contribution in [2.45, 2.75) is 37.8 Å². The second kappa shape index (κ2) is 6.78. The molecule has 1 aliphatic carbocycles. The molecule has 3 heteroatoms. The Morgan fingerprint density at radius 1 is 0.917 bits per heavy atom. The van der Waals surface area contributed by atoms with Gasteiger partial charge >= 0.3 is 0 Å². The van der Waals surface area contributed by atoms with E-state index in [-0.39, 0.29) is 18.1 Å². The van der Waals surface area contributed by atoms with Crippen LogP contribution in [0, 0.1) is 0 Å². The lowest BCUT2D eigenvalue weighted by atomic mass is 9.89. The van der Waals surface area contributed by atoms with Crippen LogP contribution in [-0.2, 0) is 4.74 Å². The fourth-order valence-electron chi connectivity index (χ4n) is 3.95. The van der Waals surface area contributed by atoms with Gasteiger partial charge in [0.25, 0.3) is 5.91 Å². The van der Waals surface area contributed by atoms with E-state index in [1.54, 1.807) is 0 Å². The Morgan fingerprint density at radius 2 is 1.62 bits per heavy atom. The van der Waals surface area contributed by atoms with E-state index in [1.165, 1.54) is 18.4 Å². The number of amides is 1. The van der Waals surface area contributed by atoms with Gasteiger partial charge in [0.15, 0.2) is 0 Å². The SMILES string of the molecule is O=C(c1ccc(-c2ccccc2)cc1)N1CCOC2CCCCC21. The van der Waals surface area contributed by atoms with E-state index in [0.29, 0.717) is 13.2 Å². The van der Waals surface area contributed by atoms with Gasteiger partial charge in [-0.05, 0) is 36.1 Å². The summed E-state index contributed by atoms with van der Waals surface area (Å²) in [5, 5.41) is 0. The van der Waals surface area contributed by atoms with Crippen molar-refractivity contribution in [2.24, 2.45) is 0 Å². The number of carbonyl (C=O) groups excluding carboxylic acids is 1. The first-order valence-electron chi connectivity index (χ1n) is 8.91. The lowest BCUT2D eigenvalue weighted by molar-refractivity contribution is -0.0752. The molecular formula is C21H23NO2. The highest BCUT2D eigenvalue weighted by Crippen LogP contribution is 2.29. The van der Waals surface area contributed by atoms with Gasteiger partial charge in [0.2, 0.25) is 0 Å². The number of fused-ring (bicyclic) bond motifs is 1. The molecule has 0 spiro atoms. The Kier molecular flexibility index (Phi) is 4.35. The normalized spacial score (nSPS) is 23.6. The molecule has 2 atom stereocenters. The topological polar surface area (TPSA) is 29.5 Å². The Labute approximate surface area is 143 Å². The number of nitrogens with zero attached hydrogens (tertiary/aromatic N) is 1. The molecule has 0 N–H and O–H groups in total. The molecule has 1 heterocycles. The monoisotopic (exact) mass is 321 g/mol. The Morgan fingerprint density at radius 3 is 2.42 bits per heavy atom. The van der Waals surface area contributed by atoms with Crippen molar-refractivity contribution in [1.82, 2.24) is 4.90 Å². The van der Waals surface area contributed by atoms with Gasteiger partial charge in [0.1, 0.15) is 0 Å². The first-order chi connectivity index (χ1) is 11.8. The van der Waals surface area contributed by atoms with Crippen LogP contribution in [0.2, 0.25) is 0 Å². The van der Waals surface area contributed by atoms with Crippen molar-refractivity contribution in [3.63, 3.8) is 0 Å². The van der Waals surface area contributed by atoms with Crippen LogP contribution in [0.3, 0.4) is 0 Å². The molecule has 0 aromatic heterocycles. The third-order valence-electron chi connectivity index (χ3n) is 5.23. The lowest BCUT2D eigenvalue weighted by Gasteiger charge is -2.43. The molecule has 1 aliphatic heterocycles. The Hall–Kier alpha value is -2.13. The van der Waals surface area contributed by atoms with Crippen LogP contribution >= 0.6 is 0 Å². The Balaban J connectivity index is 1.53. The predicted octanol–water partition coefficient (Wildman–Crippen LogP) is 4.14. The highest BCUT2D eigenvalue weighted by atomic mass is 16.5. The number of hydrogen-bond acceptors (Lipinski definition) is 2. The van der Waals surface area contributed by atoms with E-state index >= 15 is 0 Å². The summed E-state index contributed by atoms with van der Waals surface area (Å²) in [5.41, 5.74) is 3.10. The lowest BCUT2D eigenvalue weighted by Crippen LogP contribution is -2.54. The fourth-order valence-corrected chi connectivity index (χ4v) is 3.95. The van der Waals surface area contributed by atoms with Gasteiger partial charge in [0, 0.05) is 12.1 Å². The van der Waals surface area contributed by atoms with Gasteiger partial charge < -0.3 is 9.64 Å². The zero-order valence-corrected chi connectivity index (χ0v) is 13.9. The number of rotatable bonds is 2. The number of ether oxygens (including phenoxy) is 1. The number of hydrogen-bond donors (Lipinski definition) is 0. The second-order valence-corrected chi connectivity index (χ2v) is 6.70. The van der Waals surface area contributed by atoms with Gasteiger partial charge in [-0.3, -0.25) is 4.79 Å². The van der Waals surface area contributed by atoms with Crippen LogP contribution in [0.4, 0.5) is 0 Å². The molecule has 3 nitrogen and oxygen atoms in total. The molecule has 1 saturated heterocycles. The van der Waals surface area contributed by atoms with E-state index in [2.05, 4.69) is 12.1 Å². The largest absolute Gasteiger partial charge is 0.374 e. The van der Waals surface area contributed by atoms with Crippen LogP contribution in [0.1, 0.15) is 36.0 Å². The van der Waals surface area contributed by atoms with Crippen LogP contribution in [0.25, 0.3) is 11.1 Å². The molecule has 1 amide bonds. The first-order valence-corrected chi connectivity index (χ1v) is 8.91. The third-order valence-corrected chi connectivity index (χ3v) is 5.23. The predicted molar refractivity (Wildman–Crippen MR) is 94.9 cm³/mol. The third kappa shape index (κ3) is 2.96.